The molecule has 3 aromatic carbocycles. The topological polar surface area (TPSA) is 92.1 Å². The number of halogens is 1. The maximum atomic E-state index is 13.7. The van der Waals surface area contributed by atoms with Gasteiger partial charge in [0, 0.05) is 44.6 Å². The van der Waals surface area contributed by atoms with E-state index in [1.807, 2.05) is 36.4 Å². The number of benzene rings is 3. The summed E-state index contributed by atoms with van der Waals surface area (Å²) in [5.74, 6) is 0.842. The third kappa shape index (κ3) is 4.69. The summed E-state index contributed by atoms with van der Waals surface area (Å²) in [4.78, 5) is 15.5. The van der Waals surface area contributed by atoms with Crippen molar-refractivity contribution < 1.29 is 24.1 Å². The second-order valence-electron chi connectivity index (χ2n) is 9.31. The van der Waals surface area contributed by atoms with Crippen LogP contribution in [0.3, 0.4) is 0 Å². The molecule has 2 aliphatic rings. The highest BCUT2D eigenvalue weighted by Crippen LogP contribution is 2.51. The standard InChI is InChI=1S/C31H29BrN2O5/c1-37-21-15-13-18(14-16-21)29(36)28-26(22-9-5-12-25(38-2)30(22)39-3)27-23(10-6-11-24(27)35)34(31(28)33)20-8-4-7-19(32)17-20/h4-5,7-9,12-17,26,33,36H,6,10-11H2,1-3H3/b29-28+,33-31?. The van der Waals surface area contributed by atoms with Crippen molar-refractivity contribution in [3.05, 3.63) is 99.2 Å². The lowest BCUT2D eigenvalue weighted by Gasteiger charge is -2.42. The van der Waals surface area contributed by atoms with Gasteiger partial charge in [0.05, 0.1) is 27.2 Å². The maximum absolute atomic E-state index is 13.7. The van der Waals surface area contributed by atoms with Gasteiger partial charge in [-0.05, 0) is 61.4 Å². The average molecular weight is 589 g/mol. The van der Waals surface area contributed by atoms with Crippen molar-refractivity contribution in [1.29, 1.82) is 5.41 Å². The van der Waals surface area contributed by atoms with Crippen molar-refractivity contribution in [2.45, 2.75) is 25.2 Å². The summed E-state index contributed by atoms with van der Waals surface area (Å²) in [7, 11) is 4.68. The molecule has 0 saturated carbocycles. The van der Waals surface area contributed by atoms with E-state index in [0.717, 1.165) is 15.9 Å². The molecule has 0 radical (unpaired) electrons. The molecule has 1 aliphatic carbocycles. The van der Waals surface area contributed by atoms with Gasteiger partial charge in [-0.3, -0.25) is 15.1 Å². The summed E-state index contributed by atoms with van der Waals surface area (Å²) in [6.07, 6.45) is 1.69. The summed E-state index contributed by atoms with van der Waals surface area (Å²) >= 11 is 3.54. The van der Waals surface area contributed by atoms with Crippen LogP contribution in [-0.2, 0) is 4.79 Å². The van der Waals surface area contributed by atoms with Crippen LogP contribution in [0.2, 0.25) is 0 Å². The first kappa shape index (κ1) is 26.6. The third-order valence-electron chi connectivity index (χ3n) is 7.18. The van der Waals surface area contributed by atoms with Crippen molar-refractivity contribution in [3.63, 3.8) is 0 Å². The number of allylic oxidation sites excluding steroid dienone is 2. The molecule has 200 valence electrons. The van der Waals surface area contributed by atoms with E-state index in [0.29, 0.717) is 58.8 Å². The zero-order valence-corrected chi connectivity index (χ0v) is 23.5. The Labute approximate surface area is 236 Å². The van der Waals surface area contributed by atoms with E-state index in [1.54, 1.807) is 56.6 Å². The van der Waals surface area contributed by atoms with Gasteiger partial charge < -0.3 is 19.3 Å². The number of hydrogen-bond donors (Lipinski definition) is 2. The van der Waals surface area contributed by atoms with Crippen molar-refractivity contribution >= 4 is 39.0 Å². The number of anilines is 1. The first-order valence-corrected chi connectivity index (χ1v) is 13.4. The highest BCUT2D eigenvalue weighted by atomic mass is 79.9. The number of ether oxygens (including phenoxy) is 3. The molecule has 1 unspecified atom stereocenters. The van der Waals surface area contributed by atoms with Crippen LogP contribution in [-0.4, -0.2) is 38.1 Å². The molecular formula is C31H29BrN2O5. The molecule has 1 atom stereocenters. The van der Waals surface area contributed by atoms with Gasteiger partial charge in [-0.1, -0.05) is 34.1 Å². The summed E-state index contributed by atoms with van der Waals surface area (Å²) in [6.45, 7) is 0. The van der Waals surface area contributed by atoms with E-state index in [2.05, 4.69) is 15.9 Å². The average Bonchev–Trinajstić information content (AvgIpc) is 2.96. The first-order chi connectivity index (χ1) is 18.9. The van der Waals surface area contributed by atoms with Crippen LogP contribution in [0.15, 0.2) is 88.0 Å². The normalized spacial score (nSPS) is 18.6. The number of nitrogens with zero attached hydrogens (tertiary/aromatic N) is 1. The second kappa shape index (κ2) is 11.0. The number of hydrogen-bond acceptors (Lipinski definition) is 6. The van der Waals surface area contributed by atoms with E-state index in [1.165, 1.54) is 0 Å². The summed E-state index contributed by atoms with van der Waals surface area (Å²) in [5, 5.41) is 21.4. The number of aliphatic hydroxyl groups is 1. The maximum Gasteiger partial charge on any atom is 0.164 e. The van der Waals surface area contributed by atoms with Crippen molar-refractivity contribution in [2.24, 2.45) is 0 Å². The number of amidine groups is 1. The van der Waals surface area contributed by atoms with E-state index in [-0.39, 0.29) is 17.4 Å². The number of nitrogens with one attached hydrogen (secondary N) is 1. The van der Waals surface area contributed by atoms with Gasteiger partial charge in [0.15, 0.2) is 17.3 Å². The Bertz CT molecular complexity index is 1510. The molecule has 0 bridgehead atoms. The first-order valence-electron chi connectivity index (χ1n) is 12.6. The fourth-order valence-electron chi connectivity index (χ4n) is 5.45. The van der Waals surface area contributed by atoms with Gasteiger partial charge in [-0.2, -0.15) is 0 Å². The van der Waals surface area contributed by atoms with Crippen LogP contribution in [0.25, 0.3) is 5.76 Å². The minimum Gasteiger partial charge on any atom is -0.507 e. The Balaban J connectivity index is 1.86. The van der Waals surface area contributed by atoms with E-state index >= 15 is 0 Å². The molecule has 39 heavy (non-hydrogen) atoms. The SMILES string of the molecule is COc1ccc(/C(O)=C2\C(=N)N(c3cccc(Br)c3)C3=C(C(=O)CCC3)C2c2cccc(OC)c2OC)cc1. The number of Topliss-reactive ketones (excluding diaryl/α,β-unsaturated/α-hetero) is 1. The number of para-hydroxylation sites is 1. The van der Waals surface area contributed by atoms with Gasteiger partial charge in [-0.25, -0.2) is 0 Å². The molecule has 2 N–H and O–H groups in total. The van der Waals surface area contributed by atoms with Crippen LogP contribution in [0.4, 0.5) is 5.69 Å². The molecule has 8 heteroatoms. The summed E-state index contributed by atoms with van der Waals surface area (Å²) in [6, 6.07) is 20.1. The van der Waals surface area contributed by atoms with Gasteiger partial charge in [0.1, 0.15) is 17.3 Å². The summed E-state index contributed by atoms with van der Waals surface area (Å²) in [5.41, 5.74) is 3.50. The van der Waals surface area contributed by atoms with Crippen molar-refractivity contribution in [3.8, 4) is 17.2 Å². The smallest absolute Gasteiger partial charge is 0.164 e. The van der Waals surface area contributed by atoms with E-state index in [4.69, 9.17) is 14.2 Å². The molecular weight excluding hydrogens is 560 g/mol. The Morgan fingerprint density at radius 1 is 0.974 bits per heavy atom. The van der Waals surface area contributed by atoms with Gasteiger partial charge >= 0.3 is 0 Å². The third-order valence-corrected chi connectivity index (χ3v) is 7.68. The van der Waals surface area contributed by atoms with E-state index in [9.17, 15) is 15.3 Å². The largest absolute Gasteiger partial charge is 0.507 e. The molecule has 0 aromatic heterocycles. The van der Waals surface area contributed by atoms with E-state index < -0.39 is 5.92 Å². The predicted octanol–water partition coefficient (Wildman–Crippen LogP) is 7.03. The lowest BCUT2D eigenvalue weighted by atomic mass is 9.73. The molecule has 0 fully saturated rings. The molecule has 1 aliphatic heterocycles. The number of methoxy groups -OCH3 is 3. The molecule has 1 heterocycles. The van der Waals surface area contributed by atoms with Gasteiger partial charge in [-0.15, -0.1) is 0 Å². The molecule has 0 spiro atoms. The second-order valence-corrected chi connectivity index (χ2v) is 10.2. The highest BCUT2D eigenvalue weighted by molar-refractivity contribution is 9.10. The van der Waals surface area contributed by atoms with Crippen LogP contribution in [0, 0.1) is 5.41 Å². The molecule has 5 rings (SSSR count). The van der Waals surface area contributed by atoms with Crippen LogP contribution in [0.1, 0.15) is 36.3 Å². The number of carbonyl (C=O) groups excluding carboxylic acids is 1. The van der Waals surface area contributed by atoms with Crippen molar-refractivity contribution in [2.75, 3.05) is 26.2 Å². The van der Waals surface area contributed by atoms with Gasteiger partial charge in [0.25, 0.3) is 0 Å². The fourth-order valence-corrected chi connectivity index (χ4v) is 5.83. The van der Waals surface area contributed by atoms with Gasteiger partial charge in [0.2, 0.25) is 0 Å². The number of ketones is 1. The number of aliphatic hydroxyl groups excluding tert-OH is 1. The van der Waals surface area contributed by atoms with Crippen LogP contribution < -0.4 is 19.1 Å². The molecule has 0 saturated heterocycles. The summed E-state index contributed by atoms with van der Waals surface area (Å²) < 4.78 is 17.5. The number of carbonyl (C=O) groups is 1. The molecule has 7 nitrogen and oxygen atoms in total. The minimum absolute atomic E-state index is 0.0151. The zero-order chi connectivity index (χ0) is 27.7. The molecule has 0 amide bonds. The number of rotatable bonds is 6. The lowest BCUT2D eigenvalue weighted by Crippen LogP contribution is -2.42. The minimum atomic E-state index is -0.740. The quantitative estimate of drug-likeness (QED) is 0.300. The predicted molar refractivity (Wildman–Crippen MR) is 155 cm³/mol. The Morgan fingerprint density at radius 3 is 2.38 bits per heavy atom. The monoisotopic (exact) mass is 588 g/mol. The fraction of sp³-hybridized carbons (Fsp3) is 0.226. The van der Waals surface area contributed by atoms with Crippen LogP contribution in [0.5, 0.6) is 17.2 Å². The zero-order valence-electron chi connectivity index (χ0n) is 22.0. The highest BCUT2D eigenvalue weighted by Gasteiger charge is 2.44. The Morgan fingerprint density at radius 2 is 1.72 bits per heavy atom. The lowest BCUT2D eigenvalue weighted by molar-refractivity contribution is -0.116. The van der Waals surface area contributed by atoms with Crippen molar-refractivity contribution in [1.82, 2.24) is 0 Å². The Kier molecular flexibility index (Phi) is 7.48. The Hall–Kier alpha value is -4.04. The van der Waals surface area contributed by atoms with Crippen LogP contribution >= 0.6 is 15.9 Å². The molecule has 3 aromatic rings.